The van der Waals surface area contributed by atoms with Gasteiger partial charge in [0.2, 0.25) is 11.8 Å². The Labute approximate surface area is 150 Å². The predicted molar refractivity (Wildman–Crippen MR) is 97.8 cm³/mol. The monoisotopic (exact) mass is 343 g/mol. The number of benzene rings is 1. The van der Waals surface area contributed by atoms with Gasteiger partial charge in [-0.3, -0.25) is 9.59 Å². The maximum atomic E-state index is 12.4. The molecule has 2 amide bonds. The summed E-state index contributed by atoms with van der Waals surface area (Å²) in [6.07, 6.45) is 2.83. The van der Waals surface area contributed by atoms with Crippen LogP contribution in [0.25, 0.3) is 0 Å². The summed E-state index contributed by atoms with van der Waals surface area (Å²) in [6, 6.07) is 9.94. The van der Waals surface area contributed by atoms with Crippen LogP contribution in [0.4, 0.5) is 0 Å². The molecule has 1 unspecified atom stereocenters. The van der Waals surface area contributed by atoms with Gasteiger partial charge < -0.3 is 15.1 Å². The van der Waals surface area contributed by atoms with Crippen LogP contribution in [-0.2, 0) is 16.1 Å². The summed E-state index contributed by atoms with van der Waals surface area (Å²) in [4.78, 5) is 28.8. The maximum Gasteiger partial charge on any atom is 0.225 e. The van der Waals surface area contributed by atoms with Crippen molar-refractivity contribution in [2.45, 2.75) is 32.7 Å². The van der Waals surface area contributed by atoms with Gasteiger partial charge in [-0.25, -0.2) is 0 Å². The van der Waals surface area contributed by atoms with Crippen LogP contribution in [-0.4, -0.2) is 54.3 Å². The molecule has 0 spiro atoms. The predicted octanol–water partition coefficient (Wildman–Crippen LogP) is 1.88. The van der Waals surface area contributed by atoms with Crippen molar-refractivity contribution in [2.24, 2.45) is 11.8 Å². The van der Waals surface area contributed by atoms with Crippen molar-refractivity contribution in [1.82, 2.24) is 15.1 Å². The number of carbonyl (C=O) groups excluding carboxylic acids is 2. The molecule has 0 saturated carbocycles. The molecule has 1 aromatic carbocycles. The lowest BCUT2D eigenvalue weighted by atomic mass is 9.99. The average molecular weight is 343 g/mol. The summed E-state index contributed by atoms with van der Waals surface area (Å²) in [5, 5.41) is 3.03. The minimum atomic E-state index is -0.211. The van der Waals surface area contributed by atoms with Crippen LogP contribution in [0.3, 0.4) is 0 Å². The highest BCUT2D eigenvalue weighted by atomic mass is 16.2. The van der Waals surface area contributed by atoms with Crippen LogP contribution in [0.2, 0.25) is 0 Å². The molecule has 0 radical (unpaired) electrons. The molecule has 1 N–H and O–H groups in total. The van der Waals surface area contributed by atoms with E-state index in [2.05, 4.69) is 17.1 Å². The normalized spacial score (nSPS) is 22.4. The van der Waals surface area contributed by atoms with Gasteiger partial charge in [0, 0.05) is 32.6 Å². The molecule has 136 valence electrons. The molecule has 2 heterocycles. The minimum Gasteiger partial charge on any atom is -0.355 e. The fraction of sp³-hybridized carbons (Fsp3) is 0.600. The zero-order valence-electron chi connectivity index (χ0n) is 15.1. The van der Waals surface area contributed by atoms with Gasteiger partial charge in [0.1, 0.15) is 0 Å². The number of carbonyl (C=O) groups is 2. The van der Waals surface area contributed by atoms with Crippen molar-refractivity contribution >= 4 is 11.8 Å². The van der Waals surface area contributed by atoms with Crippen molar-refractivity contribution in [3.63, 3.8) is 0 Å². The number of likely N-dealkylation sites (tertiary alicyclic amines) is 2. The number of rotatable bonds is 6. The first-order chi connectivity index (χ1) is 12.1. The van der Waals surface area contributed by atoms with Crippen LogP contribution in [0.15, 0.2) is 30.3 Å². The molecule has 25 heavy (non-hydrogen) atoms. The molecule has 2 saturated heterocycles. The quantitative estimate of drug-likeness (QED) is 0.858. The summed E-state index contributed by atoms with van der Waals surface area (Å²) in [5.74, 6) is 0.715. The van der Waals surface area contributed by atoms with E-state index in [-0.39, 0.29) is 17.7 Å². The number of hydrogen-bond acceptors (Lipinski definition) is 3. The van der Waals surface area contributed by atoms with Gasteiger partial charge in [0.25, 0.3) is 0 Å². The molecule has 1 atom stereocenters. The lowest BCUT2D eigenvalue weighted by Gasteiger charge is -2.30. The fourth-order valence-corrected chi connectivity index (χ4v) is 3.67. The van der Waals surface area contributed by atoms with E-state index in [1.807, 2.05) is 30.3 Å². The van der Waals surface area contributed by atoms with E-state index in [0.717, 1.165) is 31.1 Å². The van der Waals surface area contributed by atoms with Crippen LogP contribution in [0, 0.1) is 11.8 Å². The van der Waals surface area contributed by atoms with Gasteiger partial charge in [-0.2, -0.15) is 0 Å². The third-order valence-electron chi connectivity index (χ3n) is 5.41. The van der Waals surface area contributed by atoms with E-state index in [9.17, 15) is 9.59 Å². The largest absolute Gasteiger partial charge is 0.355 e. The first-order valence-electron chi connectivity index (χ1n) is 9.43. The fourth-order valence-electron chi connectivity index (χ4n) is 3.67. The summed E-state index contributed by atoms with van der Waals surface area (Å²) in [6.45, 7) is 7.27. The molecular weight excluding hydrogens is 314 g/mol. The van der Waals surface area contributed by atoms with Crippen LogP contribution < -0.4 is 5.32 Å². The topological polar surface area (TPSA) is 52.7 Å². The van der Waals surface area contributed by atoms with Crippen molar-refractivity contribution in [3.8, 4) is 0 Å². The zero-order chi connectivity index (χ0) is 17.6. The van der Waals surface area contributed by atoms with Crippen LogP contribution in [0.1, 0.15) is 31.7 Å². The van der Waals surface area contributed by atoms with Crippen LogP contribution in [0.5, 0.6) is 0 Å². The van der Waals surface area contributed by atoms with Gasteiger partial charge in [-0.05, 0) is 37.4 Å². The van der Waals surface area contributed by atoms with Crippen molar-refractivity contribution in [3.05, 3.63) is 35.9 Å². The van der Waals surface area contributed by atoms with Gasteiger partial charge in [0.05, 0.1) is 5.92 Å². The zero-order valence-corrected chi connectivity index (χ0v) is 15.1. The lowest BCUT2D eigenvalue weighted by molar-refractivity contribution is -0.129. The van der Waals surface area contributed by atoms with E-state index in [0.29, 0.717) is 26.1 Å². The second-order valence-electron chi connectivity index (χ2n) is 7.48. The van der Waals surface area contributed by atoms with Crippen molar-refractivity contribution in [2.75, 3.05) is 32.7 Å². The first-order valence-corrected chi connectivity index (χ1v) is 9.43. The first kappa shape index (κ1) is 17.9. The standard InChI is InChI=1S/C20H29N3O2/c1-16-7-10-22(11-8-16)12-9-21-20(25)18-13-19(24)23(15-18)14-17-5-3-2-4-6-17/h2-6,16,18H,7-15H2,1H3,(H,21,25). The van der Waals surface area contributed by atoms with Crippen molar-refractivity contribution < 1.29 is 9.59 Å². The second kappa shape index (κ2) is 8.48. The smallest absolute Gasteiger partial charge is 0.225 e. The Morgan fingerprint density at radius 2 is 1.92 bits per heavy atom. The van der Waals surface area contributed by atoms with Gasteiger partial charge >= 0.3 is 0 Å². The van der Waals surface area contributed by atoms with E-state index >= 15 is 0 Å². The SMILES string of the molecule is CC1CCN(CCNC(=O)C2CC(=O)N(Cc3ccccc3)C2)CC1. The summed E-state index contributed by atoms with van der Waals surface area (Å²) < 4.78 is 0. The minimum absolute atomic E-state index is 0.0225. The number of nitrogens with one attached hydrogen (secondary N) is 1. The summed E-state index contributed by atoms with van der Waals surface area (Å²) >= 11 is 0. The Bertz CT molecular complexity index is 582. The Balaban J connectivity index is 1.40. The average Bonchev–Trinajstić information content (AvgIpc) is 2.98. The molecule has 2 aliphatic heterocycles. The molecule has 0 bridgehead atoms. The molecule has 3 rings (SSSR count). The van der Waals surface area contributed by atoms with Gasteiger partial charge in [0.15, 0.2) is 0 Å². The molecule has 0 aromatic heterocycles. The molecule has 2 fully saturated rings. The molecule has 0 aliphatic carbocycles. The second-order valence-corrected chi connectivity index (χ2v) is 7.48. The highest BCUT2D eigenvalue weighted by Crippen LogP contribution is 2.20. The lowest BCUT2D eigenvalue weighted by Crippen LogP contribution is -2.41. The van der Waals surface area contributed by atoms with E-state index in [1.165, 1.54) is 12.8 Å². The molecule has 5 heteroatoms. The van der Waals surface area contributed by atoms with Gasteiger partial charge in [-0.1, -0.05) is 37.3 Å². The van der Waals surface area contributed by atoms with E-state index in [1.54, 1.807) is 4.90 Å². The number of nitrogens with zero attached hydrogens (tertiary/aromatic N) is 2. The van der Waals surface area contributed by atoms with Crippen LogP contribution >= 0.6 is 0 Å². The highest BCUT2D eigenvalue weighted by molar-refractivity contribution is 5.89. The Morgan fingerprint density at radius 3 is 2.64 bits per heavy atom. The number of piperidine rings is 1. The van der Waals surface area contributed by atoms with Crippen molar-refractivity contribution in [1.29, 1.82) is 0 Å². The Morgan fingerprint density at radius 1 is 1.20 bits per heavy atom. The highest BCUT2D eigenvalue weighted by Gasteiger charge is 2.34. The number of amides is 2. The third-order valence-corrected chi connectivity index (χ3v) is 5.41. The summed E-state index contributed by atoms with van der Waals surface area (Å²) in [5.41, 5.74) is 1.11. The van der Waals surface area contributed by atoms with E-state index in [4.69, 9.17) is 0 Å². The third kappa shape index (κ3) is 5.05. The molecule has 1 aromatic rings. The Kier molecular flexibility index (Phi) is 6.08. The molecular formula is C20H29N3O2. The number of hydrogen-bond donors (Lipinski definition) is 1. The maximum absolute atomic E-state index is 12.4. The summed E-state index contributed by atoms with van der Waals surface area (Å²) in [7, 11) is 0. The molecule has 5 nitrogen and oxygen atoms in total. The van der Waals surface area contributed by atoms with Gasteiger partial charge in [-0.15, -0.1) is 0 Å². The van der Waals surface area contributed by atoms with E-state index < -0.39 is 0 Å². The Hall–Kier alpha value is -1.88. The molecule has 2 aliphatic rings.